The van der Waals surface area contributed by atoms with Crippen LogP contribution in [0.1, 0.15) is 17.9 Å². The molecule has 1 aliphatic carbocycles. The number of rotatable bonds is 3. The Kier molecular flexibility index (Phi) is 4.12. The molecule has 3 rings (SSSR count). The quantitative estimate of drug-likeness (QED) is 0.797. The van der Waals surface area contributed by atoms with Crippen molar-refractivity contribution in [1.82, 2.24) is 0 Å². The van der Waals surface area contributed by atoms with Crippen molar-refractivity contribution in [2.75, 3.05) is 5.32 Å². The van der Waals surface area contributed by atoms with Crippen LogP contribution < -0.4 is 5.32 Å². The third-order valence-corrected chi connectivity index (χ3v) is 4.20. The average Bonchev–Trinajstić information content (AvgIpc) is 3.17. The lowest BCUT2D eigenvalue weighted by Gasteiger charge is -2.06. The molecule has 108 valence electrons. The van der Waals surface area contributed by atoms with E-state index < -0.39 is 0 Å². The highest BCUT2D eigenvalue weighted by Crippen LogP contribution is 2.49. The van der Waals surface area contributed by atoms with Crippen molar-refractivity contribution in [3.8, 4) is 0 Å². The van der Waals surface area contributed by atoms with Gasteiger partial charge in [-0.1, -0.05) is 40.9 Å². The maximum absolute atomic E-state index is 12.2. The number of anilines is 1. The molecule has 0 spiro atoms. The Morgan fingerprint density at radius 2 is 1.71 bits per heavy atom. The van der Waals surface area contributed by atoms with E-state index in [-0.39, 0.29) is 17.7 Å². The number of benzene rings is 2. The summed E-state index contributed by atoms with van der Waals surface area (Å²) in [4.78, 5) is 12.2. The third-order valence-electron chi connectivity index (χ3n) is 3.53. The van der Waals surface area contributed by atoms with Crippen LogP contribution in [0.15, 0.2) is 42.5 Å². The Labute approximate surface area is 138 Å². The van der Waals surface area contributed by atoms with Crippen LogP contribution in [0, 0.1) is 5.92 Å². The zero-order chi connectivity index (χ0) is 15.0. The van der Waals surface area contributed by atoms with Crippen molar-refractivity contribution in [3.05, 3.63) is 63.1 Å². The molecule has 1 aliphatic rings. The monoisotopic (exact) mass is 339 g/mol. The first kappa shape index (κ1) is 14.7. The zero-order valence-electron chi connectivity index (χ0n) is 10.9. The molecule has 0 radical (unpaired) electrons. The van der Waals surface area contributed by atoms with E-state index in [1.54, 1.807) is 24.3 Å². The molecule has 1 amide bonds. The van der Waals surface area contributed by atoms with Gasteiger partial charge in [-0.25, -0.2) is 0 Å². The molecule has 0 unspecified atom stereocenters. The van der Waals surface area contributed by atoms with E-state index in [1.807, 2.05) is 18.2 Å². The van der Waals surface area contributed by atoms with Crippen LogP contribution in [0.5, 0.6) is 0 Å². The molecular weight excluding hydrogens is 329 g/mol. The maximum Gasteiger partial charge on any atom is 0.228 e. The second-order valence-electron chi connectivity index (χ2n) is 5.15. The summed E-state index contributed by atoms with van der Waals surface area (Å²) in [6.07, 6.45) is 0.809. The van der Waals surface area contributed by atoms with Crippen LogP contribution >= 0.6 is 34.8 Å². The number of nitrogens with one attached hydrogen (secondary N) is 1. The minimum Gasteiger partial charge on any atom is -0.326 e. The predicted octanol–water partition coefficient (Wildman–Crippen LogP) is 5.39. The van der Waals surface area contributed by atoms with Gasteiger partial charge >= 0.3 is 0 Å². The topological polar surface area (TPSA) is 29.1 Å². The second-order valence-corrected chi connectivity index (χ2v) is 6.46. The van der Waals surface area contributed by atoms with E-state index in [2.05, 4.69) is 5.32 Å². The lowest BCUT2D eigenvalue weighted by Crippen LogP contribution is -2.14. The molecule has 2 nitrogen and oxygen atoms in total. The lowest BCUT2D eigenvalue weighted by molar-refractivity contribution is -0.117. The van der Waals surface area contributed by atoms with E-state index in [1.165, 1.54) is 0 Å². The fraction of sp³-hybridized carbons (Fsp3) is 0.188. The Morgan fingerprint density at radius 3 is 2.38 bits per heavy atom. The predicted molar refractivity (Wildman–Crippen MR) is 87.4 cm³/mol. The molecule has 1 N–H and O–H groups in total. The summed E-state index contributed by atoms with van der Waals surface area (Å²) >= 11 is 17.9. The molecule has 2 aromatic carbocycles. The number of hydrogen-bond acceptors (Lipinski definition) is 1. The number of halogens is 3. The van der Waals surface area contributed by atoms with Crippen LogP contribution in [0.3, 0.4) is 0 Å². The highest BCUT2D eigenvalue weighted by Gasteiger charge is 2.44. The molecule has 0 saturated heterocycles. The molecule has 1 fully saturated rings. The summed E-state index contributed by atoms with van der Waals surface area (Å²) in [5, 5.41) is 4.67. The van der Waals surface area contributed by atoms with Crippen molar-refractivity contribution in [2.24, 2.45) is 5.92 Å². The smallest absolute Gasteiger partial charge is 0.228 e. The van der Waals surface area contributed by atoms with Gasteiger partial charge in [0, 0.05) is 26.7 Å². The van der Waals surface area contributed by atoms with Crippen molar-refractivity contribution >= 4 is 46.4 Å². The van der Waals surface area contributed by atoms with Gasteiger partial charge in [0.05, 0.1) is 0 Å². The Bertz CT molecular complexity index is 681. The van der Waals surface area contributed by atoms with Gasteiger partial charge in [-0.2, -0.15) is 0 Å². The van der Waals surface area contributed by atoms with E-state index in [0.717, 1.165) is 12.0 Å². The largest absolute Gasteiger partial charge is 0.326 e. The van der Waals surface area contributed by atoms with Gasteiger partial charge in [0.1, 0.15) is 0 Å². The van der Waals surface area contributed by atoms with Crippen LogP contribution in [0.25, 0.3) is 0 Å². The summed E-state index contributed by atoms with van der Waals surface area (Å²) in [7, 11) is 0. The van der Waals surface area contributed by atoms with Crippen molar-refractivity contribution in [2.45, 2.75) is 12.3 Å². The molecule has 2 aromatic rings. The van der Waals surface area contributed by atoms with Crippen molar-refractivity contribution < 1.29 is 4.79 Å². The fourth-order valence-electron chi connectivity index (χ4n) is 2.44. The molecule has 5 heteroatoms. The van der Waals surface area contributed by atoms with E-state index in [4.69, 9.17) is 34.8 Å². The molecule has 0 aliphatic heterocycles. The molecule has 1 saturated carbocycles. The van der Waals surface area contributed by atoms with Crippen LogP contribution in [-0.4, -0.2) is 5.91 Å². The van der Waals surface area contributed by atoms with E-state index >= 15 is 0 Å². The maximum atomic E-state index is 12.2. The standard InChI is InChI=1S/C16H12Cl3NO/c17-10-2-1-3-13(7-10)20-16(21)15-8-14(15)9-4-11(18)6-12(19)5-9/h1-7,14-15H,8H2,(H,20,21)/t14-,15-/m1/s1. The number of carbonyl (C=O) groups is 1. The Hall–Kier alpha value is -1.22. The zero-order valence-corrected chi connectivity index (χ0v) is 13.2. The fourth-order valence-corrected chi connectivity index (χ4v) is 3.18. The van der Waals surface area contributed by atoms with Gasteiger partial charge < -0.3 is 5.32 Å². The van der Waals surface area contributed by atoms with Crippen molar-refractivity contribution in [3.63, 3.8) is 0 Å². The first-order valence-corrected chi connectivity index (χ1v) is 7.69. The van der Waals surface area contributed by atoms with Gasteiger partial charge in [0.25, 0.3) is 0 Å². The van der Waals surface area contributed by atoms with Crippen molar-refractivity contribution in [1.29, 1.82) is 0 Å². The minimum absolute atomic E-state index is 0.00151. The highest BCUT2D eigenvalue weighted by atomic mass is 35.5. The van der Waals surface area contributed by atoms with Gasteiger partial charge in [-0.3, -0.25) is 4.79 Å². The first-order chi connectivity index (χ1) is 10.0. The van der Waals surface area contributed by atoms with Crippen LogP contribution in [-0.2, 0) is 4.79 Å². The summed E-state index contributed by atoms with van der Waals surface area (Å²) < 4.78 is 0. The Balaban J connectivity index is 1.68. The summed E-state index contributed by atoms with van der Waals surface area (Å²) in [6, 6.07) is 12.5. The Morgan fingerprint density at radius 1 is 1.00 bits per heavy atom. The lowest BCUT2D eigenvalue weighted by atomic mass is 10.1. The molecular formula is C16H12Cl3NO. The summed E-state index contributed by atoms with van der Waals surface area (Å²) in [5.74, 6) is 0.136. The third kappa shape index (κ3) is 3.52. The normalized spacial score (nSPS) is 20.1. The molecule has 2 atom stereocenters. The van der Waals surface area contributed by atoms with Gasteiger partial charge in [-0.05, 0) is 54.3 Å². The second kappa shape index (κ2) is 5.88. The number of amides is 1. The van der Waals surface area contributed by atoms with Gasteiger partial charge in [0.2, 0.25) is 5.91 Å². The minimum atomic E-state index is -0.0430. The number of hydrogen-bond donors (Lipinski definition) is 1. The molecule has 0 heterocycles. The average molecular weight is 341 g/mol. The summed E-state index contributed by atoms with van der Waals surface area (Å²) in [5.41, 5.74) is 1.72. The van der Waals surface area contributed by atoms with E-state index in [9.17, 15) is 4.79 Å². The van der Waals surface area contributed by atoms with Crippen LogP contribution in [0.4, 0.5) is 5.69 Å². The molecule has 0 aromatic heterocycles. The van der Waals surface area contributed by atoms with Crippen LogP contribution in [0.2, 0.25) is 15.1 Å². The van der Waals surface area contributed by atoms with Gasteiger partial charge in [-0.15, -0.1) is 0 Å². The highest BCUT2D eigenvalue weighted by molar-refractivity contribution is 6.34. The van der Waals surface area contributed by atoms with E-state index in [0.29, 0.717) is 20.8 Å². The van der Waals surface area contributed by atoms with Gasteiger partial charge in [0.15, 0.2) is 0 Å². The first-order valence-electron chi connectivity index (χ1n) is 6.55. The SMILES string of the molecule is O=C(Nc1cccc(Cl)c1)[C@@H]1C[C@@H]1c1cc(Cl)cc(Cl)c1. The molecule has 0 bridgehead atoms. The molecule has 21 heavy (non-hydrogen) atoms. The summed E-state index contributed by atoms with van der Waals surface area (Å²) in [6.45, 7) is 0. The number of carbonyl (C=O) groups excluding carboxylic acids is 1.